The van der Waals surface area contributed by atoms with E-state index in [1.54, 1.807) is 0 Å². The monoisotopic (exact) mass is 178 g/mol. The second-order valence-electron chi connectivity index (χ2n) is 0.378. The van der Waals surface area contributed by atoms with E-state index >= 15 is 0 Å². The molecule has 0 aliphatic rings. The Morgan fingerprint density at radius 2 is 1.20 bits per heavy atom. The molecule has 0 atom stereocenters. The summed E-state index contributed by atoms with van der Waals surface area (Å²) in [4.78, 5) is 0. The van der Waals surface area contributed by atoms with Gasteiger partial charge in [-0.2, -0.15) is 0 Å². The Balaban J connectivity index is 0. The molecule has 0 aromatic carbocycles. The van der Waals surface area contributed by atoms with Gasteiger partial charge in [0.2, 0.25) is 0 Å². The van der Waals surface area contributed by atoms with Crippen molar-refractivity contribution in [2.75, 3.05) is 11.8 Å². The van der Waals surface area contributed by atoms with Crippen LogP contribution >= 0.6 is 40.2 Å². The molecule has 0 nitrogen and oxygen atoms in total. The minimum Gasteiger partial charge on any atom is -0.125 e. The first-order chi connectivity index (χ1) is 1.91. The maximum atomic E-state index is 5.05. The third-order valence-electron chi connectivity index (χ3n) is 0.0714. The molecule has 0 saturated carbocycles. The van der Waals surface area contributed by atoms with E-state index in [1.807, 2.05) is 0 Å². The highest BCUT2D eigenvalue weighted by Crippen LogP contribution is 1.75. The van der Waals surface area contributed by atoms with Gasteiger partial charge in [0.25, 0.3) is 0 Å². The lowest BCUT2D eigenvalue weighted by Gasteiger charge is -1.63. The predicted molar refractivity (Wildman–Crippen MR) is 31.8 cm³/mol. The normalized spacial score (nSPS) is 6.00. The van der Waals surface area contributed by atoms with Crippen LogP contribution in [0.3, 0.4) is 0 Å². The van der Waals surface area contributed by atoms with Crippen molar-refractivity contribution in [2.24, 2.45) is 0 Å². The van der Waals surface area contributed by atoms with E-state index in [4.69, 9.17) is 23.2 Å². The standard InChI is InChI=1S/C2H4Cl2.BrH/c3-1-2-4;/h1-2H2;1H. The minimum atomic E-state index is 0. The van der Waals surface area contributed by atoms with Crippen LogP contribution in [-0.2, 0) is 0 Å². The molecule has 0 rings (SSSR count). The van der Waals surface area contributed by atoms with Crippen LogP contribution in [0.25, 0.3) is 0 Å². The van der Waals surface area contributed by atoms with Gasteiger partial charge in [-0.05, 0) is 0 Å². The number of hydrogen-bond acceptors (Lipinski definition) is 0. The number of alkyl halides is 2. The second kappa shape index (κ2) is 8.91. The van der Waals surface area contributed by atoms with Gasteiger partial charge >= 0.3 is 0 Å². The SMILES string of the molecule is Br.ClCCCl. The van der Waals surface area contributed by atoms with Crippen molar-refractivity contribution in [3.05, 3.63) is 0 Å². The smallest absolute Gasteiger partial charge is 0.0359 e. The van der Waals surface area contributed by atoms with E-state index in [9.17, 15) is 0 Å². The highest BCUT2D eigenvalue weighted by molar-refractivity contribution is 8.93. The van der Waals surface area contributed by atoms with Crippen LogP contribution in [0.15, 0.2) is 0 Å². The van der Waals surface area contributed by atoms with Crippen molar-refractivity contribution in [3.63, 3.8) is 0 Å². The molecule has 34 valence electrons. The van der Waals surface area contributed by atoms with Crippen molar-refractivity contribution in [3.8, 4) is 0 Å². The Morgan fingerprint density at radius 3 is 1.20 bits per heavy atom. The van der Waals surface area contributed by atoms with E-state index in [0.717, 1.165) is 0 Å². The fourth-order valence-electron chi connectivity index (χ4n) is 0. The van der Waals surface area contributed by atoms with Crippen LogP contribution in [0.2, 0.25) is 0 Å². The van der Waals surface area contributed by atoms with Crippen LogP contribution in [0, 0.1) is 0 Å². The molecule has 0 heterocycles. The van der Waals surface area contributed by atoms with Gasteiger partial charge in [-0.1, -0.05) is 0 Å². The molecule has 5 heavy (non-hydrogen) atoms. The average Bonchev–Trinajstić information content (AvgIpc) is 1.37. The Morgan fingerprint density at radius 1 is 1.00 bits per heavy atom. The van der Waals surface area contributed by atoms with Gasteiger partial charge in [-0.15, -0.1) is 40.2 Å². The molecule has 0 amide bonds. The summed E-state index contributed by atoms with van der Waals surface area (Å²) in [6, 6.07) is 0. The lowest BCUT2D eigenvalue weighted by Crippen LogP contribution is -1.63. The Kier molecular flexibility index (Phi) is 16.8. The molecule has 0 N–H and O–H groups in total. The van der Waals surface area contributed by atoms with Gasteiger partial charge in [0.05, 0.1) is 0 Å². The zero-order valence-electron chi connectivity index (χ0n) is 2.58. The maximum Gasteiger partial charge on any atom is 0.0359 e. The van der Waals surface area contributed by atoms with E-state index < -0.39 is 0 Å². The van der Waals surface area contributed by atoms with Gasteiger partial charge in [0, 0.05) is 11.8 Å². The third-order valence-corrected chi connectivity index (χ3v) is 0.643. The lowest BCUT2D eigenvalue weighted by molar-refractivity contribution is 1.52. The average molecular weight is 180 g/mol. The van der Waals surface area contributed by atoms with E-state index in [2.05, 4.69) is 0 Å². The maximum absolute atomic E-state index is 5.05. The van der Waals surface area contributed by atoms with Gasteiger partial charge in [0.1, 0.15) is 0 Å². The quantitative estimate of drug-likeness (QED) is 0.541. The van der Waals surface area contributed by atoms with Crippen LogP contribution < -0.4 is 0 Å². The molecular weight excluding hydrogens is 175 g/mol. The zero-order chi connectivity index (χ0) is 3.41. The second-order valence-corrected chi connectivity index (χ2v) is 1.13. The fraction of sp³-hybridized carbons (Fsp3) is 1.00. The topological polar surface area (TPSA) is 0 Å². The summed E-state index contributed by atoms with van der Waals surface area (Å²) in [5.74, 6) is 1.11. The molecule has 0 fully saturated rings. The molecular formula is C2H5BrCl2. The van der Waals surface area contributed by atoms with Crippen molar-refractivity contribution >= 4 is 40.2 Å². The Bertz CT molecular complexity index is 9.61. The highest BCUT2D eigenvalue weighted by atomic mass is 79.9. The summed E-state index contributed by atoms with van der Waals surface area (Å²) in [6.45, 7) is 0. The van der Waals surface area contributed by atoms with Crippen molar-refractivity contribution in [1.29, 1.82) is 0 Å². The fourth-order valence-corrected chi connectivity index (χ4v) is 0. The molecule has 0 bridgehead atoms. The first kappa shape index (κ1) is 9.41. The molecule has 0 saturated heterocycles. The molecule has 0 radical (unpaired) electrons. The molecule has 0 aromatic rings. The Labute approximate surface area is 52.2 Å². The van der Waals surface area contributed by atoms with Crippen molar-refractivity contribution in [2.45, 2.75) is 0 Å². The largest absolute Gasteiger partial charge is 0.125 e. The first-order valence-electron chi connectivity index (χ1n) is 1.03. The van der Waals surface area contributed by atoms with Gasteiger partial charge < -0.3 is 0 Å². The third kappa shape index (κ3) is 11.2. The van der Waals surface area contributed by atoms with E-state index in [-0.39, 0.29) is 17.0 Å². The summed E-state index contributed by atoms with van der Waals surface area (Å²) in [5, 5.41) is 0. The zero-order valence-corrected chi connectivity index (χ0v) is 5.80. The number of halogens is 3. The van der Waals surface area contributed by atoms with Gasteiger partial charge in [0.15, 0.2) is 0 Å². The van der Waals surface area contributed by atoms with Crippen LogP contribution in [-0.4, -0.2) is 11.8 Å². The van der Waals surface area contributed by atoms with Crippen molar-refractivity contribution < 1.29 is 0 Å². The summed E-state index contributed by atoms with van der Waals surface area (Å²) in [5.41, 5.74) is 0. The molecule has 0 spiro atoms. The lowest BCUT2D eigenvalue weighted by atomic mass is 11.0. The van der Waals surface area contributed by atoms with Gasteiger partial charge in [-0.3, -0.25) is 0 Å². The predicted octanol–water partition coefficient (Wildman–Crippen LogP) is 2.04. The van der Waals surface area contributed by atoms with Crippen molar-refractivity contribution in [1.82, 2.24) is 0 Å². The number of rotatable bonds is 1. The van der Waals surface area contributed by atoms with Gasteiger partial charge in [-0.25, -0.2) is 0 Å². The first-order valence-corrected chi connectivity index (χ1v) is 2.10. The summed E-state index contributed by atoms with van der Waals surface area (Å²) >= 11 is 10.1. The van der Waals surface area contributed by atoms with E-state index in [1.165, 1.54) is 0 Å². The summed E-state index contributed by atoms with van der Waals surface area (Å²) in [7, 11) is 0. The van der Waals surface area contributed by atoms with Crippen LogP contribution in [0.4, 0.5) is 0 Å². The summed E-state index contributed by atoms with van der Waals surface area (Å²) in [6.07, 6.45) is 0. The Hall–Kier alpha value is 1.06. The molecule has 0 aliphatic carbocycles. The molecule has 0 unspecified atom stereocenters. The van der Waals surface area contributed by atoms with Crippen LogP contribution in [0.5, 0.6) is 0 Å². The molecule has 0 aliphatic heterocycles. The number of hydrogen-bond donors (Lipinski definition) is 0. The van der Waals surface area contributed by atoms with E-state index in [0.29, 0.717) is 11.8 Å². The minimum absolute atomic E-state index is 0. The highest BCUT2D eigenvalue weighted by Gasteiger charge is 1.61. The molecule has 0 aromatic heterocycles. The summed E-state index contributed by atoms with van der Waals surface area (Å²) < 4.78 is 0. The van der Waals surface area contributed by atoms with Crippen LogP contribution in [0.1, 0.15) is 0 Å². The molecule has 3 heteroatoms.